The van der Waals surface area contributed by atoms with Crippen LogP contribution < -0.4 is 65.3 Å². The van der Waals surface area contributed by atoms with Crippen molar-refractivity contribution in [3.63, 3.8) is 0 Å². The Hall–Kier alpha value is -0.403. The van der Waals surface area contributed by atoms with Crippen LogP contribution in [0.15, 0.2) is 18.2 Å². The largest absolute Gasteiger partial charge is 2.00 e. The van der Waals surface area contributed by atoms with Crippen LogP contribution in [0.25, 0.3) is 16.0 Å². The van der Waals surface area contributed by atoms with Crippen LogP contribution in [0.1, 0.15) is 11.1 Å². The van der Waals surface area contributed by atoms with Gasteiger partial charge >= 0.3 is 39.0 Å². The van der Waals surface area contributed by atoms with Gasteiger partial charge in [0, 0.05) is 65.4 Å². The third kappa shape index (κ3) is 37.7. The molecular weight excluding hydrogens is 664 g/mol. The summed E-state index contributed by atoms with van der Waals surface area (Å²) in [7, 11) is -9.89. The minimum absolute atomic E-state index is 0. The smallest absolute Gasteiger partial charge is 0.872 e. The molecular formula is C16H31Cl2N9O9Zn2. The normalized spacial score (nSPS) is 10.4. The molecule has 22 heteroatoms. The molecule has 0 radical (unpaired) electrons. The zero-order valence-corrected chi connectivity index (χ0v) is 28.1. The molecule has 0 heterocycles. The van der Waals surface area contributed by atoms with Gasteiger partial charge < -0.3 is 39.1 Å². The van der Waals surface area contributed by atoms with E-state index in [1.807, 2.05) is 18.2 Å². The van der Waals surface area contributed by atoms with Gasteiger partial charge in [-0.2, -0.15) is 0 Å². The maximum absolute atomic E-state index is 12.7. The third-order valence-corrected chi connectivity index (χ3v) is 3.75. The average molecular weight is 695 g/mol. The first-order valence-electron chi connectivity index (χ1n) is 9.82. The Morgan fingerprint density at radius 2 is 0.842 bits per heavy atom. The van der Waals surface area contributed by atoms with E-state index in [0.717, 1.165) is 37.3 Å². The van der Waals surface area contributed by atoms with Crippen LogP contribution in [0.2, 0.25) is 0 Å². The fourth-order valence-electron chi connectivity index (χ4n) is 2.64. The number of nitrogens with zero attached hydrogens (tertiary/aromatic N) is 5. The molecule has 1 rings (SSSR count). The van der Waals surface area contributed by atoms with Crippen LogP contribution in [0.4, 0.5) is 0 Å². The second-order valence-electron chi connectivity index (χ2n) is 6.46. The third-order valence-electron chi connectivity index (χ3n) is 3.75. The van der Waals surface area contributed by atoms with E-state index in [1.54, 1.807) is 0 Å². The minimum Gasteiger partial charge on any atom is -0.872 e. The standard InChI is InChI=1S/C16H32N6O.2ClHO4.N3.2Zn/c17-4-8-21(9-5-18)12-14-2-1-3-15(16(14)23)13-22(10-6-19)11-7-20;2*2-1(3,4)5;1-3-2;;/h1-3,23H,4-13,17-20H2;2*(H,2,3,4,5);;;/q;;;-1;2*+2/p-3. The zero-order chi connectivity index (χ0) is 28.8. The maximum Gasteiger partial charge on any atom is 2.00 e. The van der Waals surface area contributed by atoms with E-state index < -0.39 is 20.5 Å². The number of hydrogen-bond donors (Lipinski definition) is 4. The van der Waals surface area contributed by atoms with Crippen molar-refractivity contribution in [1.29, 1.82) is 0 Å². The number of benzene rings is 1. The first-order valence-corrected chi connectivity index (χ1v) is 12.3. The first kappa shape index (κ1) is 47.4. The van der Waals surface area contributed by atoms with Crippen molar-refractivity contribution in [2.24, 2.45) is 22.9 Å². The van der Waals surface area contributed by atoms with E-state index in [4.69, 9.17) is 71.3 Å². The predicted octanol–water partition coefficient (Wildman–Crippen LogP) is -10.5. The monoisotopic (exact) mass is 691 g/mol. The first-order chi connectivity index (χ1) is 16.6. The van der Waals surface area contributed by atoms with Gasteiger partial charge in [0.15, 0.2) is 0 Å². The Bertz CT molecular complexity index is 646. The molecule has 0 amide bonds. The molecule has 0 spiro atoms. The Labute approximate surface area is 250 Å². The quantitative estimate of drug-likeness (QED) is 0.0682. The fraction of sp³-hybridized carbons (Fsp3) is 0.625. The Morgan fingerprint density at radius 3 is 1.03 bits per heavy atom. The van der Waals surface area contributed by atoms with Gasteiger partial charge in [-0.1, -0.05) is 23.9 Å². The summed E-state index contributed by atoms with van der Waals surface area (Å²) in [6, 6.07) is 5.68. The van der Waals surface area contributed by atoms with Gasteiger partial charge in [0.25, 0.3) is 0 Å². The van der Waals surface area contributed by atoms with Crippen molar-refractivity contribution in [2.45, 2.75) is 13.1 Å². The molecule has 212 valence electrons. The fourth-order valence-corrected chi connectivity index (χ4v) is 2.64. The second-order valence-corrected chi connectivity index (χ2v) is 7.97. The summed E-state index contributed by atoms with van der Waals surface area (Å²) in [5.41, 5.74) is 37.6. The number of para-hydroxylation sites is 1. The Kier molecular flexibility index (Phi) is 35.1. The topological polar surface area (TPSA) is 377 Å². The van der Waals surface area contributed by atoms with Gasteiger partial charge in [0.05, 0.1) is 0 Å². The summed E-state index contributed by atoms with van der Waals surface area (Å²) in [4.78, 5) is 5.72. The molecule has 0 aromatic heterocycles. The maximum atomic E-state index is 12.7. The van der Waals surface area contributed by atoms with Crippen LogP contribution in [0.5, 0.6) is 5.75 Å². The molecule has 18 nitrogen and oxygen atoms in total. The summed E-state index contributed by atoms with van der Waals surface area (Å²) < 4.78 is 67.9. The van der Waals surface area contributed by atoms with Crippen LogP contribution in [-0.2, 0) is 52.0 Å². The summed E-state index contributed by atoms with van der Waals surface area (Å²) in [5, 5.41) is 12.7. The Morgan fingerprint density at radius 1 is 0.632 bits per heavy atom. The molecule has 0 aliphatic heterocycles. The SMILES string of the molecule is NCCN(CCN)Cc1cccc(CN(CCN)CCN)c1[O-].[N-]=[N+]=[N-].[O-][Cl+3]([O-])([O-])[O-].[O-][Cl+3]([O-])([O-])[O-].[Zn+2].[Zn+2]. The van der Waals surface area contributed by atoms with E-state index in [0.29, 0.717) is 39.3 Å². The molecule has 1 aromatic rings. The molecule has 0 aliphatic carbocycles. The molecule has 0 atom stereocenters. The summed E-state index contributed by atoms with van der Waals surface area (Å²) in [6.07, 6.45) is 0. The van der Waals surface area contributed by atoms with Crippen molar-refractivity contribution in [3.8, 4) is 5.75 Å². The Balaban J connectivity index is -0.000000202. The van der Waals surface area contributed by atoms with Gasteiger partial charge in [-0.15, -0.1) is 20.5 Å². The van der Waals surface area contributed by atoms with E-state index in [9.17, 15) is 5.11 Å². The summed E-state index contributed by atoms with van der Waals surface area (Å²) in [5.74, 6) is 0.0885. The second kappa shape index (κ2) is 28.1. The molecule has 0 bridgehead atoms. The zero-order valence-electron chi connectivity index (χ0n) is 20.7. The molecule has 8 N–H and O–H groups in total. The van der Waals surface area contributed by atoms with Crippen molar-refractivity contribution < 1.29 is 102 Å². The van der Waals surface area contributed by atoms with E-state index in [2.05, 4.69) is 9.80 Å². The molecule has 0 aliphatic rings. The van der Waals surface area contributed by atoms with Crippen molar-refractivity contribution in [2.75, 3.05) is 52.4 Å². The van der Waals surface area contributed by atoms with Gasteiger partial charge in [-0.25, -0.2) is 37.3 Å². The van der Waals surface area contributed by atoms with Crippen LogP contribution in [-0.4, -0.2) is 62.2 Å². The average Bonchev–Trinajstić information content (AvgIpc) is 2.70. The van der Waals surface area contributed by atoms with E-state index >= 15 is 0 Å². The van der Waals surface area contributed by atoms with Gasteiger partial charge in [0.2, 0.25) is 0 Å². The van der Waals surface area contributed by atoms with E-state index in [1.165, 1.54) is 4.91 Å². The van der Waals surface area contributed by atoms with Crippen molar-refractivity contribution in [1.82, 2.24) is 9.80 Å². The van der Waals surface area contributed by atoms with Gasteiger partial charge in [0.1, 0.15) is 0 Å². The van der Waals surface area contributed by atoms with Gasteiger partial charge in [-0.3, -0.25) is 14.7 Å². The summed E-state index contributed by atoms with van der Waals surface area (Å²) in [6.45, 7) is 6.28. The minimum atomic E-state index is -4.94. The number of hydrogen-bond acceptors (Lipinski definition) is 15. The molecule has 0 saturated heterocycles. The number of rotatable bonds is 12. The number of halogens is 2. The van der Waals surface area contributed by atoms with Gasteiger partial charge in [-0.05, 0) is 11.1 Å². The molecule has 0 saturated carbocycles. The summed E-state index contributed by atoms with van der Waals surface area (Å²) >= 11 is 0. The van der Waals surface area contributed by atoms with Crippen molar-refractivity contribution in [3.05, 3.63) is 45.3 Å². The van der Waals surface area contributed by atoms with Crippen LogP contribution in [0.3, 0.4) is 0 Å². The van der Waals surface area contributed by atoms with Crippen LogP contribution in [0, 0.1) is 20.5 Å². The van der Waals surface area contributed by atoms with Crippen molar-refractivity contribution >= 4 is 0 Å². The molecule has 1 aromatic carbocycles. The predicted molar refractivity (Wildman–Crippen MR) is 103 cm³/mol. The van der Waals surface area contributed by atoms with Crippen LogP contribution >= 0.6 is 0 Å². The molecule has 0 unspecified atom stereocenters. The molecule has 0 fully saturated rings. The number of nitrogens with two attached hydrogens (primary N) is 4. The molecule has 38 heavy (non-hydrogen) atoms. The van der Waals surface area contributed by atoms with E-state index in [-0.39, 0.29) is 44.7 Å².